The molecule has 67 heavy (non-hydrogen) atoms. The average Bonchev–Trinajstić information content (AvgIpc) is 3.99. The predicted molar refractivity (Wildman–Crippen MR) is 285 cm³/mol. The Kier molecular flexibility index (Phi) is 9.55. The highest BCUT2D eigenvalue weighted by Gasteiger charge is 2.38. The lowest BCUT2D eigenvalue weighted by atomic mass is 9.81. The minimum absolute atomic E-state index is 0.223. The Morgan fingerprint density at radius 1 is 0.478 bits per heavy atom. The molecule has 0 saturated heterocycles. The predicted octanol–water partition coefficient (Wildman–Crippen LogP) is 17.2. The van der Waals surface area contributed by atoms with Crippen molar-refractivity contribution in [3.05, 3.63) is 260 Å². The second kappa shape index (κ2) is 15.9. The molecule has 2 aromatic heterocycles. The van der Waals surface area contributed by atoms with Crippen molar-refractivity contribution in [2.75, 3.05) is 4.90 Å². The number of allylic oxidation sites excluding steroid dienone is 4. The Morgan fingerprint density at radius 3 is 1.72 bits per heavy atom. The molecule has 0 aliphatic heterocycles. The molecule has 0 unspecified atom stereocenters. The zero-order valence-corrected chi connectivity index (χ0v) is 38.0. The molecular formula is C64H49N3. The minimum atomic E-state index is -0.223. The highest BCUT2D eigenvalue weighted by Crippen LogP contribution is 2.54. The van der Waals surface area contributed by atoms with Crippen molar-refractivity contribution < 1.29 is 0 Å². The number of nitrogens with zero attached hydrogens (tertiary/aromatic N) is 3. The molecule has 0 fully saturated rings. The first-order chi connectivity index (χ1) is 32.9. The van der Waals surface area contributed by atoms with E-state index in [1.165, 1.54) is 82.6 Å². The van der Waals surface area contributed by atoms with Gasteiger partial charge in [0.05, 0.1) is 27.8 Å². The van der Waals surface area contributed by atoms with Crippen LogP contribution >= 0.6 is 0 Å². The summed E-state index contributed by atoms with van der Waals surface area (Å²) in [6.07, 6.45) is 6.46. The van der Waals surface area contributed by atoms with E-state index in [0.29, 0.717) is 0 Å². The van der Waals surface area contributed by atoms with Crippen LogP contribution in [-0.2, 0) is 5.41 Å². The van der Waals surface area contributed by atoms with Gasteiger partial charge in [0.25, 0.3) is 0 Å². The molecule has 11 aromatic rings. The monoisotopic (exact) mass is 859 g/mol. The average molecular weight is 860 g/mol. The van der Waals surface area contributed by atoms with Crippen molar-refractivity contribution in [3.63, 3.8) is 0 Å². The van der Waals surface area contributed by atoms with E-state index in [1.807, 2.05) is 6.08 Å². The fraction of sp³-hybridized carbons (Fsp3) is 0.0625. The number of rotatable bonds is 9. The van der Waals surface area contributed by atoms with Crippen molar-refractivity contribution in [1.29, 1.82) is 0 Å². The van der Waals surface area contributed by atoms with Crippen LogP contribution in [0.3, 0.4) is 0 Å². The minimum Gasteiger partial charge on any atom is -0.310 e. The van der Waals surface area contributed by atoms with Gasteiger partial charge in [0.15, 0.2) is 0 Å². The highest BCUT2D eigenvalue weighted by atomic mass is 15.2. The van der Waals surface area contributed by atoms with Crippen LogP contribution in [0.25, 0.3) is 82.8 Å². The Hall–Kier alpha value is -8.40. The van der Waals surface area contributed by atoms with Crippen LogP contribution in [0.1, 0.15) is 37.5 Å². The normalized spacial score (nSPS) is 13.4. The third-order valence-electron chi connectivity index (χ3n) is 14.1. The summed E-state index contributed by atoms with van der Waals surface area (Å²) in [5.74, 6) is 0. The molecule has 9 aromatic carbocycles. The van der Waals surface area contributed by atoms with Gasteiger partial charge in [-0.2, -0.15) is 0 Å². The highest BCUT2D eigenvalue weighted by molar-refractivity contribution is 6.16. The quantitative estimate of drug-likeness (QED) is 0.132. The molecular weight excluding hydrogens is 811 g/mol. The van der Waals surface area contributed by atoms with Gasteiger partial charge in [-0.15, -0.1) is 0 Å². The molecule has 0 spiro atoms. The largest absolute Gasteiger partial charge is 0.310 e. The van der Waals surface area contributed by atoms with Crippen LogP contribution in [-0.4, -0.2) is 9.13 Å². The van der Waals surface area contributed by atoms with Gasteiger partial charge >= 0.3 is 0 Å². The summed E-state index contributed by atoms with van der Waals surface area (Å²) < 4.78 is 4.75. The summed E-state index contributed by atoms with van der Waals surface area (Å²) in [6, 6.07) is 77.2. The van der Waals surface area contributed by atoms with Crippen LogP contribution in [0, 0.1) is 0 Å². The van der Waals surface area contributed by atoms with Crippen molar-refractivity contribution >= 4 is 60.6 Å². The fourth-order valence-corrected chi connectivity index (χ4v) is 11.0. The van der Waals surface area contributed by atoms with E-state index in [2.05, 4.69) is 266 Å². The van der Waals surface area contributed by atoms with Gasteiger partial charge in [-0.25, -0.2) is 0 Å². The third kappa shape index (κ3) is 6.42. The molecule has 0 saturated carbocycles. The summed E-state index contributed by atoms with van der Waals surface area (Å²) in [5, 5.41) is 5.02. The smallest absolute Gasteiger partial charge is 0.0547 e. The van der Waals surface area contributed by atoms with Crippen LogP contribution in [0.15, 0.2) is 243 Å². The summed E-state index contributed by atoms with van der Waals surface area (Å²) in [7, 11) is 0. The summed E-state index contributed by atoms with van der Waals surface area (Å²) >= 11 is 0. The molecule has 2 heterocycles. The molecule has 0 radical (unpaired) electrons. The lowest BCUT2D eigenvalue weighted by Crippen LogP contribution is -2.22. The van der Waals surface area contributed by atoms with E-state index in [1.54, 1.807) is 0 Å². The van der Waals surface area contributed by atoms with E-state index < -0.39 is 0 Å². The summed E-state index contributed by atoms with van der Waals surface area (Å²) in [6.45, 7) is 11.4. The maximum Gasteiger partial charge on any atom is 0.0547 e. The zero-order chi connectivity index (χ0) is 45.2. The number of aromatic nitrogens is 2. The molecule has 3 heteroatoms. The molecule has 0 bridgehead atoms. The Morgan fingerprint density at radius 2 is 1.01 bits per heavy atom. The lowest BCUT2D eigenvalue weighted by Gasteiger charge is -2.32. The molecule has 0 amide bonds. The number of hydrogen-bond acceptors (Lipinski definition) is 1. The number of anilines is 2. The van der Waals surface area contributed by atoms with Crippen LogP contribution in [0.5, 0.6) is 0 Å². The van der Waals surface area contributed by atoms with Gasteiger partial charge in [0.2, 0.25) is 0 Å². The van der Waals surface area contributed by atoms with Gasteiger partial charge in [0.1, 0.15) is 0 Å². The second-order valence-corrected chi connectivity index (χ2v) is 18.2. The van der Waals surface area contributed by atoms with Crippen molar-refractivity contribution in [2.45, 2.75) is 26.2 Å². The molecule has 0 N–H and O–H groups in total. The van der Waals surface area contributed by atoms with E-state index in [0.717, 1.165) is 34.0 Å². The van der Waals surface area contributed by atoms with Crippen molar-refractivity contribution in [2.24, 2.45) is 0 Å². The molecule has 1 aliphatic carbocycles. The van der Waals surface area contributed by atoms with E-state index in [4.69, 9.17) is 0 Å². The van der Waals surface area contributed by atoms with E-state index in [9.17, 15) is 0 Å². The second-order valence-electron chi connectivity index (χ2n) is 18.2. The molecule has 320 valence electrons. The topological polar surface area (TPSA) is 13.1 Å². The van der Waals surface area contributed by atoms with Crippen molar-refractivity contribution in [1.82, 2.24) is 9.13 Å². The Balaban J connectivity index is 0.965. The first-order valence-electron chi connectivity index (χ1n) is 23.2. The number of hydrogen-bond donors (Lipinski definition) is 0. The first kappa shape index (κ1) is 40.1. The van der Waals surface area contributed by atoms with E-state index in [-0.39, 0.29) is 5.41 Å². The number of fused-ring (bicyclic) bond motifs is 9. The Bertz CT molecular complexity index is 3730. The van der Waals surface area contributed by atoms with Crippen LogP contribution in [0.4, 0.5) is 11.4 Å². The zero-order valence-electron chi connectivity index (χ0n) is 38.0. The van der Waals surface area contributed by atoms with Crippen LogP contribution in [0.2, 0.25) is 0 Å². The van der Waals surface area contributed by atoms with Gasteiger partial charge in [0, 0.05) is 49.7 Å². The maximum absolute atomic E-state index is 4.45. The number of para-hydroxylation sites is 4. The first-order valence-corrected chi connectivity index (χ1v) is 23.2. The van der Waals surface area contributed by atoms with Gasteiger partial charge in [-0.05, 0) is 130 Å². The Labute approximate surface area is 392 Å². The standard InChI is InChI=1S/C64H49N3/c1-5-46(38-33-43(2)44-34-39-49(40-35-44)66-57-28-14-10-22-52(57)53-23-11-15-29-58(53)66)65(61-32-18-26-54-51-21-9-13-27-56(51)64(3,4)63(54)61)48-41-36-45(37-42-48)50-25-17-31-60-62(50)55-24-12-16-30-59(55)67(60)47-19-7-6-8-20-47/h5-42H,1H2,2-4H3/b43-33+,46-38+. The van der Waals surface area contributed by atoms with Gasteiger partial charge in [-0.3, -0.25) is 0 Å². The van der Waals surface area contributed by atoms with Crippen molar-refractivity contribution in [3.8, 4) is 33.6 Å². The lowest BCUT2D eigenvalue weighted by molar-refractivity contribution is 0.660. The van der Waals surface area contributed by atoms with E-state index >= 15 is 0 Å². The summed E-state index contributed by atoms with van der Waals surface area (Å²) in [5.41, 5.74) is 20.0. The maximum atomic E-state index is 4.45. The number of benzene rings is 9. The van der Waals surface area contributed by atoms with Crippen LogP contribution < -0.4 is 4.90 Å². The SMILES string of the molecule is C=C/C(=C\C=C(/C)c1ccc(-n2c3ccccc3c3ccccc32)cc1)N(c1ccc(-c2cccc3c2c2ccccc2n3-c2ccccc2)cc1)c1cccc2c1C(C)(C)c1ccccc1-2. The summed E-state index contributed by atoms with van der Waals surface area (Å²) in [4.78, 5) is 2.40. The van der Waals surface area contributed by atoms with Gasteiger partial charge < -0.3 is 14.0 Å². The molecule has 12 rings (SSSR count). The fourth-order valence-electron chi connectivity index (χ4n) is 11.0. The molecule has 1 aliphatic rings. The third-order valence-corrected chi connectivity index (χ3v) is 14.1. The van der Waals surface area contributed by atoms with Gasteiger partial charge in [-0.1, -0.05) is 172 Å². The molecule has 3 nitrogen and oxygen atoms in total. The molecule has 0 atom stereocenters.